The number of hydrogen-bond acceptors (Lipinski definition) is 2. The van der Waals surface area contributed by atoms with Crippen molar-refractivity contribution in [3.8, 4) is 0 Å². The number of nitrogens with zero attached hydrogens (tertiary/aromatic N) is 1. The van der Waals surface area contributed by atoms with E-state index in [1.165, 1.54) is 17.0 Å². The lowest BCUT2D eigenvalue weighted by Gasteiger charge is -2.30. The predicted molar refractivity (Wildman–Crippen MR) is 77.1 cm³/mol. The average Bonchev–Trinajstić information content (AvgIpc) is 2.67. The van der Waals surface area contributed by atoms with Gasteiger partial charge in [-0.2, -0.15) is 0 Å². The number of imide groups is 1. The van der Waals surface area contributed by atoms with Crippen LogP contribution in [0.3, 0.4) is 0 Å². The van der Waals surface area contributed by atoms with Crippen LogP contribution in [0.2, 0.25) is 5.02 Å². The zero-order valence-corrected chi connectivity index (χ0v) is 12.5. The second kappa shape index (κ2) is 5.41. The van der Waals surface area contributed by atoms with Crippen molar-refractivity contribution in [1.29, 1.82) is 0 Å². The minimum atomic E-state index is -0.535. The van der Waals surface area contributed by atoms with Crippen LogP contribution in [-0.2, 0) is 16.1 Å². The Morgan fingerprint density at radius 2 is 1.90 bits per heavy atom. The van der Waals surface area contributed by atoms with Crippen LogP contribution in [-0.4, -0.2) is 16.7 Å². The molecule has 21 heavy (non-hydrogen) atoms. The van der Waals surface area contributed by atoms with E-state index in [1.54, 1.807) is 6.07 Å². The summed E-state index contributed by atoms with van der Waals surface area (Å²) in [6.07, 6.45) is 4.86. The summed E-state index contributed by atoms with van der Waals surface area (Å²) in [5.74, 6) is -0.833. The Morgan fingerprint density at radius 3 is 2.57 bits per heavy atom. The van der Waals surface area contributed by atoms with E-state index in [2.05, 4.69) is 0 Å². The van der Waals surface area contributed by atoms with E-state index in [0.29, 0.717) is 0 Å². The summed E-state index contributed by atoms with van der Waals surface area (Å²) in [6.45, 7) is -0.0646. The van der Waals surface area contributed by atoms with Crippen molar-refractivity contribution in [3.63, 3.8) is 0 Å². The number of carbonyl (C=O) groups is 2. The molecule has 0 bridgehead atoms. The summed E-state index contributed by atoms with van der Waals surface area (Å²) >= 11 is 5.99. The van der Waals surface area contributed by atoms with Crippen molar-refractivity contribution in [1.82, 2.24) is 4.90 Å². The van der Waals surface area contributed by atoms with Crippen molar-refractivity contribution < 1.29 is 14.0 Å². The Balaban J connectivity index is 1.86. The van der Waals surface area contributed by atoms with Gasteiger partial charge in [0.15, 0.2) is 0 Å². The lowest BCUT2D eigenvalue weighted by atomic mass is 9.73. The first-order valence-electron chi connectivity index (χ1n) is 7.31. The molecule has 1 heterocycles. The summed E-state index contributed by atoms with van der Waals surface area (Å²) in [4.78, 5) is 26.1. The number of likely N-dealkylation sites (tertiary alicyclic amines) is 1. The molecule has 0 radical (unpaired) electrons. The Bertz CT molecular complexity index is 576. The maximum absolute atomic E-state index is 13.9. The number of rotatable bonds is 2. The van der Waals surface area contributed by atoms with Crippen molar-refractivity contribution in [2.24, 2.45) is 5.41 Å². The number of amides is 2. The van der Waals surface area contributed by atoms with Crippen molar-refractivity contribution >= 4 is 23.4 Å². The second-order valence-electron chi connectivity index (χ2n) is 6.00. The summed E-state index contributed by atoms with van der Waals surface area (Å²) in [6, 6.07) is 4.38. The molecule has 0 atom stereocenters. The van der Waals surface area contributed by atoms with Gasteiger partial charge in [0.2, 0.25) is 11.8 Å². The molecule has 3 nitrogen and oxygen atoms in total. The molecule has 5 heteroatoms. The molecule has 1 aliphatic carbocycles. The highest BCUT2D eigenvalue weighted by molar-refractivity contribution is 6.31. The fourth-order valence-electron chi connectivity index (χ4n) is 3.48. The molecule has 112 valence electrons. The highest BCUT2D eigenvalue weighted by Gasteiger charge is 2.51. The molecule has 1 aromatic rings. The van der Waals surface area contributed by atoms with Crippen LogP contribution >= 0.6 is 11.6 Å². The van der Waals surface area contributed by atoms with E-state index in [9.17, 15) is 14.0 Å². The van der Waals surface area contributed by atoms with Crippen LogP contribution in [0.5, 0.6) is 0 Å². The number of carbonyl (C=O) groups excluding carboxylic acids is 2. The van der Waals surface area contributed by atoms with Gasteiger partial charge in [0, 0.05) is 17.0 Å². The van der Waals surface area contributed by atoms with E-state index in [4.69, 9.17) is 11.6 Å². The highest BCUT2D eigenvalue weighted by atomic mass is 35.5. The van der Waals surface area contributed by atoms with Gasteiger partial charge in [-0.15, -0.1) is 0 Å². The first-order valence-corrected chi connectivity index (χ1v) is 7.69. The van der Waals surface area contributed by atoms with Crippen molar-refractivity contribution in [2.45, 2.75) is 45.1 Å². The highest BCUT2D eigenvalue weighted by Crippen LogP contribution is 2.45. The van der Waals surface area contributed by atoms with Gasteiger partial charge >= 0.3 is 0 Å². The monoisotopic (exact) mass is 309 g/mol. The smallest absolute Gasteiger partial charge is 0.236 e. The molecule has 2 amide bonds. The van der Waals surface area contributed by atoms with Gasteiger partial charge in [0.25, 0.3) is 0 Å². The molecular formula is C16H17ClFNO2. The molecule has 0 N–H and O–H groups in total. The fourth-order valence-corrected chi connectivity index (χ4v) is 3.70. The summed E-state index contributed by atoms with van der Waals surface area (Å²) in [7, 11) is 0. The summed E-state index contributed by atoms with van der Waals surface area (Å²) in [5.41, 5.74) is -0.318. The van der Waals surface area contributed by atoms with Crippen LogP contribution < -0.4 is 0 Å². The lowest BCUT2D eigenvalue weighted by molar-refractivity contribution is -0.142. The zero-order valence-electron chi connectivity index (χ0n) is 11.7. The average molecular weight is 310 g/mol. The van der Waals surface area contributed by atoms with E-state index in [1.807, 2.05) is 0 Å². The largest absolute Gasteiger partial charge is 0.277 e. The van der Waals surface area contributed by atoms with E-state index in [0.717, 1.165) is 32.1 Å². The molecule has 1 saturated heterocycles. The lowest BCUT2D eigenvalue weighted by Crippen LogP contribution is -2.36. The molecule has 2 fully saturated rings. The molecule has 1 aromatic carbocycles. The summed E-state index contributed by atoms with van der Waals surface area (Å²) in [5, 5.41) is 0.250. The van der Waals surface area contributed by atoms with Gasteiger partial charge in [-0.05, 0) is 25.0 Å². The molecule has 0 aromatic heterocycles. The first-order chi connectivity index (χ1) is 10.0. The van der Waals surface area contributed by atoms with E-state index in [-0.39, 0.29) is 35.4 Å². The van der Waals surface area contributed by atoms with E-state index < -0.39 is 11.2 Å². The maximum atomic E-state index is 13.9. The number of hydrogen-bond donors (Lipinski definition) is 0. The Hall–Kier alpha value is -1.42. The van der Waals surface area contributed by atoms with Gasteiger partial charge in [-0.1, -0.05) is 36.9 Å². The molecule has 1 spiro atoms. The molecule has 2 aliphatic rings. The minimum Gasteiger partial charge on any atom is -0.277 e. The number of halogens is 2. The Labute approximate surface area is 128 Å². The topological polar surface area (TPSA) is 37.4 Å². The predicted octanol–water partition coefficient (Wildman–Crippen LogP) is 3.69. The van der Waals surface area contributed by atoms with Crippen LogP contribution in [0, 0.1) is 11.2 Å². The molecular weight excluding hydrogens is 293 g/mol. The third-order valence-electron chi connectivity index (χ3n) is 4.68. The minimum absolute atomic E-state index is 0.0646. The summed E-state index contributed by atoms with van der Waals surface area (Å²) < 4.78 is 13.9. The Morgan fingerprint density at radius 1 is 1.19 bits per heavy atom. The van der Waals surface area contributed by atoms with Gasteiger partial charge in [-0.25, -0.2) is 4.39 Å². The van der Waals surface area contributed by atoms with Gasteiger partial charge in [0.05, 0.1) is 12.0 Å². The molecule has 0 unspecified atom stereocenters. The third kappa shape index (κ3) is 2.46. The molecule has 1 aliphatic heterocycles. The third-order valence-corrected chi connectivity index (χ3v) is 5.03. The maximum Gasteiger partial charge on any atom is 0.236 e. The van der Waals surface area contributed by atoms with Crippen molar-refractivity contribution in [2.75, 3.05) is 0 Å². The van der Waals surface area contributed by atoms with E-state index >= 15 is 0 Å². The van der Waals surface area contributed by atoms with Gasteiger partial charge < -0.3 is 0 Å². The normalized spacial score (nSPS) is 21.3. The fraction of sp³-hybridized carbons (Fsp3) is 0.500. The second-order valence-corrected chi connectivity index (χ2v) is 6.41. The SMILES string of the molecule is O=C1CC2(CCCCC2)C(=O)N1Cc1c(F)cccc1Cl. The first kappa shape index (κ1) is 14.5. The van der Waals surface area contributed by atoms with Gasteiger partial charge in [-0.3, -0.25) is 14.5 Å². The van der Waals surface area contributed by atoms with Crippen LogP contribution in [0.1, 0.15) is 44.1 Å². The standard InChI is InChI=1S/C16H17ClFNO2/c17-12-5-4-6-13(18)11(12)10-19-14(20)9-16(15(19)21)7-2-1-3-8-16/h4-6H,1-3,7-10H2. The quantitative estimate of drug-likeness (QED) is 0.781. The van der Waals surface area contributed by atoms with Crippen LogP contribution in [0.4, 0.5) is 4.39 Å². The van der Waals surface area contributed by atoms with Gasteiger partial charge in [0.1, 0.15) is 5.82 Å². The number of benzene rings is 1. The molecule has 1 saturated carbocycles. The van der Waals surface area contributed by atoms with Crippen molar-refractivity contribution in [3.05, 3.63) is 34.6 Å². The van der Waals surface area contributed by atoms with Crippen LogP contribution in [0.15, 0.2) is 18.2 Å². The molecule has 3 rings (SSSR count). The Kier molecular flexibility index (Phi) is 3.74. The zero-order chi connectivity index (χ0) is 15.0. The van der Waals surface area contributed by atoms with Crippen LogP contribution in [0.25, 0.3) is 0 Å².